The molecular formula is C19H19F4N5O2. The summed E-state index contributed by atoms with van der Waals surface area (Å²) in [5.74, 6) is -5.66. The summed E-state index contributed by atoms with van der Waals surface area (Å²) in [6.45, 7) is -1.26. The Balaban J connectivity index is 1.73. The summed E-state index contributed by atoms with van der Waals surface area (Å²) in [6, 6.07) is 4.49. The van der Waals surface area contributed by atoms with Crippen molar-refractivity contribution in [2.24, 2.45) is 23.7 Å². The molecule has 0 radical (unpaired) electrons. The highest BCUT2D eigenvalue weighted by Gasteiger charge is 2.60. The Morgan fingerprint density at radius 2 is 2.13 bits per heavy atom. The molecule has 11 heteroatoms. The third-order valence-electron chi connectivity index (χ3n) is 5.50. The number of halogens is 4. The van der Waals surface area contributed by atoms with Crippen molar-refractivity contribution in [2.75, 3.05) is 12.0 Å². The predicted octanol–water partition coefficient (Wildman–Crippen LogP) is 2.74. The second-order valence-corrected chi connectivity index (χ2v) is 7.56. The molecule has 1 aromatic carbocycles. The molecule has 1 aliphatic heterocycles. The Bertz CT molecular complexity index is 1020. The van der Waals surface area contributed by atoms with E-state index in [4.69, 9.17) is 10.5 Å². The number of aryl methyl sites for hydroxylation is 1. The van der Waals surface area contributed by atoms with Crippen molar-refractivity contribution in [3.63, 3.8) is 0 Å². The highest BCUT2D eigenvalue weighted by Crippen LogP contribution is 2.53. The lowest BCUT2D eigenvalue weighted by molar-refractivity contribution is -0.00299. The number of aromatic nitrogens is 2. The minimum Gasteiger partial charge on any atom is -0.461 e. The zero-order chi connectivity index (χ0) is 21.7. The molecule has 7 nitrogen and oxygen atoms in total. The molecule has 160 valence electrons. The monoisotopic (exact) mass is 425 g/mol. The Labute approximate surface area is 168 Å². The first kappa shape index (κ1) is 20.2. The number of hydrogen-bond donors (Lipinski definition) is 2. The molecular weight excluding hydrogens is 406 g/mol. The fourth-order valence-corrected chi connectivity index (χ4v) is 4.16. The van der Waals surface area contributed by atoms with Gasteiger partial charge in [-0.05, 0) is 24.3 Å². The zero-order valence-corrected chi connectivity index (χ0v) is 15.9. The number of aliphatic imine (C=N–C) groups is 1. The van der Waals surface area contributed by atoms with E-state index in [1.807, 2.05) is 0 Å². The van der Waals surface area contributed by atoms with Gasteiger partial charge in [0.2, 0.25) is 0 Å². The third-order valence-corrected chi connectivity index (χ3v) is 5.50. The normalized spacial score (nSPS) is 27.2. The van der Waals surface area contributed by atoms with E-state index in [0.717, 1.165) is 6.07 Å². The molecule has 0 spiro atoms. The van der Waals surface area contributed by atoms with Gasteiger partial charge in [-0.3, -0.25) is 9.48 Å². The largest absolute Gasteiger partial charge is 0.461 e. The molecule has 30 heavy (non-hydrogen) atoms. The SMILES string of the molecule is Cn1ccc(C(=O)Nc2ccc(F)c(C3(CF)N=C(N)O[C@H]4CC(F)(F)CC43)c2)n1. The van der Waals surface area contributed by atoms with E-state index in [1.54, 1.807) is 13.2 Å². The molecule has 4 rings (SSSR count). The van der Waals surface area contributed by atoms with Gasteiger partial charge in [0.25, 0.3) is 17.9 Å². The minimum absolute atomic E-state index is 0.118. The number of alkyl halides is 3. The van der Waals surface area contributed by atoms with E-state index in [2.05, 4.69) is 15.4 Å². The van der Waals surface area contributed by atoms with Gasteiger partial charge in [0.1, 0.15) is 24.1 Å². The number of anilines is 1. The van der Waals surface area contributed by atoms with Crippen molar-refractivity contribution in [3.05, 3.63) is 47.5 Å². The van der Waals surface area contributed by atoms with E-state index in [1.165, 1.54) is 22.9 Å². The van der Waals surface area contributed by atoms with Crippen molar-refractivity contribution in [2.45, 2.75) is 30.4 Å². The van der Waals surface area contributed by atoms with Crippen LogP contribution in [0.4, 0.5) is 23.2 Å². The number of carbonyl (C=O) groups excluding carboxylic acids is 1. The lowest BCUT2D eigenvalue weighted by atomic mass is 9.76. The van der Waals surface area contributed by atoms with Crippen molar-refractivity contribution < 1.29 is 27.1 Å². The van der Waals surface area contributed by atoms with Gasteiger partial charge in [0, 0.05) is 43.3 Å². The lowest BCUT2D eigenvalue weighted by Crippen LogP contribution is -2.48. The molecule has 2 aliphatic rings. The maximum absolute atomic E-state index is 14.8. The molecule has 3 atom stereocenters. The van der Waals surface area contributed by atoms with Gasteiger partial charge in [-0.2, -0.15) is 5.10 Å². The van der Waals surface area contributed by atoms with Crippen LogP contribution in [-0.2, 0) is 17.3 Å². The standard InChI is InChI=1S/C19H19F4N5O2/c1-28-5-4-14(27-28)16(29)25-10-2-3-13(21)11(6-10)19(9-20)12-7-18(22,23)8-15(12)30-17(24)26-19/h2-6,12,15H,7-9H2,1H3,(H2,24,26)(H,25,29)/t12?,15-,19?/m0/s1. The molecule has 0 bridgehead atoms. The average Bonchev–Trinajstić information content (AvgIpc) is 3.24. The van der Waals surface area contributed by atoms with E-state index < -0.39 is 60.7 Å². The summed E-state index contributed by atoms with van der Waals surface area (Å²) < 4.78 is 63.9. The summed E-state index contributed by atoms with van der Waals surface area (Å²) in [6.07, 6.45) is -0.905. The van der Waals surface area contributed by atoms with E-state index >= 15 is 0 Å². The molecule has 1 saturated carbocycles. The quantitative estimate of drug-likeness (QED) is 0.737. The van der Waals surface area contributed by atoms with Crippen LogP contribution >= 0.6 is 0 Å². The number of fused-ring (bicyclic) bond motifs is 1. The van der Waals surface area contributed by atoms with Gasteiger partial charge in [-0.15, -0.1) is 0 Å². The number of ether oxygens (including phenoxy) is 1. The van der Waals surface area contributed by atoms with Crippen molar-refractivity contribution in [1.82, 2.24) is 9.78 Å². The van der Waals surface area contributed by atoms with Crippen LogP contribution in [0.5, 0.6) is 0 Å². The number of benzene rings is 1. The predicted molar refractivity (Wildman–Crippen MR) is 99.4 cm³/mol. The van der Waals surface area contributed by atoms with Gasteiger partial charge < -0.3 is 15.8 Å². The Morgan fingerprint density at radius 1 is 1.37 bits per heavy atom. The molecule has 1 aliphatic carbocycles. The molecule has 1 fully saturated rings. The smallest absolute Gasteiger partial charge is 0.283 e. The van der Waals surface area contributed by atoms with Crippen molar-refractivity contribution in [3.8, 4) is 0 Å². The molecule has 2 aromatic rings. The van der Waals surface area contributed by atoms with Gasteiger partial charge >= 0.3 is 0 Å². The third kappa shape index (κ3) is 3.37. The number of nitrogens with two attached hydrogens (primary N) is 1. The van der Waals surface area contributed by atoms with Crippen molar-refractivity contribution >= 4 is 17.6 Å². The second kappa shape index (κ2) is 6.99. The summed E-state index contributed by atoms with van der Waals surface area (Å²) in [7, 11) is 1.64. The highest BCUT2D eigenvalue weighted by atomic mass is 19.3. The van der Waals surface area contributed by atoms with E-state index in [9.17, 15) is 22.4 Å². The number of hydrogen-bond acceptors (Lipinski definition) is 5. The maximum Gasteiger partial charge on any atom is 0.283 e. The fraction of sp³-hybridized carbons (Fsp3) is 0.421. The lowest BCUT2D eigenvalue weighted by Gasteiger charge is -2.40. The number of rotatable bonds is 4. The Kier molecular flexibility index (Phi) is 4.70. The summed E-state index contributed by atoms with van der Waals surface area (Å²) in [5.41, 5.74) is 3.62. The van der Waals surface area contributed by atoms with Gasteiger partial charge in [-0.25, -0.2) is 22.6 Å². The number of carbonyl (C=O) groups is 1. The van der Waals surface area contributed by atoms with Gasteiger partial charge in [-0.1, -0.05) is 0 Å². The summed E-state index contributed by atoms with van der Waals surface area (Å²) in [4.78, 5) is 16.3. The number of amidine groups is 1. The first-order valence-corrected chi connectivity index (χ1v) is 9.20. The molecule has 2 heterocycles. The van der Waals surface area contributed by atoms with Crippen LogP contribution in [0.2, 0.25) is 0 Å². The first-order chi connectivity index (χ1) is 14.1. The van der Waals surface area contributed by atoms with Crippen LogP contribution < -0.4 is 11.1 Å². The van der Waals surface area contributed by atoms with E-state index in [-0.39, 0.29) is 16.9 Å². The topological polar surface area (TPSA) is 94.5 Å². The molecule has 0 saturated heterocycles. The van der Waals surface area contributed by atoms with E-state index in [0.29, 0.717) is 0 Å². The average molecular weight is 425 g/mol. The summed E-state index contributed by atoms with van der Waals surface area (Å²) in [5, 5.41) is 6.51. The van der Waals surface area contributed by atoms with Gasteiger partial charge in [0.05, 0.1) is 0 Å². The Hall–Kier alpha value is -3.11. The van der Waals surface area contributed by atoms with Crippen molar-refractivity contribution in [1.29, 1.82) is 0 Å². The fourth-order valence-electron chi connectivity index (χ4n) is 4.16. The molecule has 1 amide bonds. The second-order valence-electron chi connectivity index (χ2n) is 7.56. The number of amides is 1. The number of nitrogens with one attached hydrogen (secondary N) is 1. The van der Waals surface area contributed by atoms with Crippen LogP contribution in [0.1, 0.15) is 28.9 Å². The van der Waals surface area contributed by atoms with Gasteiger partial charge in [0.15, 0.2) is 5.69 Å². The molecule has 3 N–H and O–H groups in total. The van der Waals surface area contributed by atoms with Crippen LogP contribution in [-0.4, -0.2) is 40.4 Å². The van der Waals surface area contributed by atoms with Crippen LogP contribution in [0.15, 0.2) is 35.5 Å². The molecule has 1 aromatic heterocycles. The molecule has 2 unspecified atom stereocenters. The van der Waals surface area contributed by atoms with Crippen LogP contribution in [0.3, 0.4) is 0 Å². The maximum atomic E-state index is 14.8. The van der Waals surface area contributed by atoms with Crippen LogP contribution in [0.25, 0.3) is 0 Å². The Morgan fingerprint density at radius 3 is 2.80 bits per heavy atom. The first-order valence-electron chi connectivity index (χ1n) is 9.20. The summed E-state index contributed by atoms with van der Waals surface area (Å²) >= 11 is 0. The van der Waals surface area contributed by atoms with Crippen LogP contribution in [0, 0.1) is 11.7 Å². The highest BCUT2D eigenvalue weighted by molar-refractivity contribution is 6.02. The minimum atomic E-state index is -3.11. The zero-order valence-electron chi connectivity index (χ0n) is 15.9. The number of nitrogens with zero attached hydrogens (tertiary/aromatic N) is 3.